The topological polar surface area (TPSA) is 134 Å². The molecular weight excluding hydrogens is 342 g/mol. The van der Waals surface area contributed by atoms with Gasteiger partial charge in [0.15, 0.2) is 0 Å². The molecule has 0 aromatic rings. The van der Waals surface area contributed by atoms with E-state index in [4.69, 9.17) is 9.84 Å². The zero-order valence-corrected chi connectivity index (χ0v) is 14.4. The lowest BCUT2D eigenvalue weighted by Gasteiger charge is -2.08. The Kier molecular flexibility index (Phi) is 7.26. The van der Waals surface area contributed by atoms with Crippen molar-refractivity contribution in [2.75, 3.05) is 26.2 Å². The molecule has 0 aliphatic heterocycles. The van der Waals surface area contributed by atoms with Gasteiger partial charge in [-0.1, -0.05) is 0 Å². The summed E-state index contributed by atoms with van der Waals surface area (Å²) in [6, 6.07) is 0. The van der Waals surface area contributed by atoms with Crippen LogP contribution in [0.3, 0.4) is 0 Å². The van der Waals surface area contributed by atoms with Crippen molar-refractivity contribution >= 4 is 23.9 Å². The van der Waals surface area contributed by atoms with Crippen LogP contribution in [0.4, 0.5) is 4.79 Å². The molecule has 0 heterocycles. The van der Waals surface area contributed by atoms with Gasteiger partial charge in [0.2, 0.25) is 11.8 Å². The molecule has 9 heteroatoms. The van der Waals surface area contributed by atoms with E-state index in [2.05, 4.69) is 27.8 Å². The standard InChI is InChI=1S/C17H23N3O6/c21-14(19-9-16(23)24)7-18-15(22)8-20-17(25)26-10-13-11-5-3-1-2-4-6-12(11)13/h11-13H,3-10H2,(H,18,22)(H,19,21)(H,20,25)(H,23,24)/t11-,12+,13-. The van der Waals surface area contributed by atoms with Gasteiger partial charge in [0, 0.05) is 12.8 Å². The summed E-state index contributed by atoms with van der Waals surface area (Å²) in [6.07, 6.45) is 3.19. The van der Waals surface area contributed by atoms with Crippen LogP contribution in [0.2, 0.25) is 0 Å². The second-order valence-electron chi connectivity index (χ2n) is 6.32. The maximum absolute atomic E-state index is 11.7. The number of amides is 3. The number of alkyl carbamates (subject to hydrolysis) is 1. The van der Waals surface area contributed by atoms with Gasteiger partial charge >= 0.3 is 12.1 Å². The Morgan fingerprint density at radius 1 is 0.885 bits per heavy atom. The second kappa shape index (κ2) is 9.65. The highest BCUT2D eigenvalue weighted by Gasteiger charge is 2.49. The highest BCUT2D eigenvalue weighted by molar-refractivity contribution is 5.88. The molecule has 142 valence electrons. The van der Waals surface area contributed by atoms with Gasteiger partial charge < -0.3 is 25.8 Å². The number of carbonyl (C=O) groups excluding carboxylic acids is 3. The van der Waals surface area contributed by atoms with Gasteiger partial charge in [0.05, 0.1) is 13.2 Å². The summed E-state index contributed by atoms with van der Waals surface area (Å²) in [5.41, 5.74) is 0. The first-order valence-electron chi connectivity index (χ1n) is 8.59. The molecule has 0 aromatic carbocycles. The molecule has 0 bridgehead atoms. The van der Waals surface area contributed by atoms with E-state index < -0.39 is 30.4 Å². The van der Waals surface area contributed by atoms with E-state index in [1.54, 1.807) is 0 Å². The summed E-state index contributed by atoms with van der Waals surface area (Å²) >= 11 is 0. The zero-order valence-electron chi connectivity index (χ0n) is 14.4. The molecule has 2 rings (SSSR count). The van der Waals surface area contributed by atoms with E-state index in [0.29, 0.717) is 24.4 Å². The average molecular weight is 365 g/mol. The Balaban J connectivity index is 1.54. The molecule has 26 heavy (non-hydrogen) atoms. The van der Waals surface area contributed by atoms with Gasteiger partial charge in [-0.05, 0) is 30.6 Å². The molecule has 0 radical (unpaired) electrons. The third-order valence-corrected chi connectivity index (χ3v) is 4.52. The molecule has 0 saturated heterocycles. The number of carboxylic acid groups (broad SMARTS) is 1. The van der Waals surface area contributed by atoms with E-state index in [9.17, 15) is 19.2 Å². The molecule has 0 unspecified atom stereocenters. The molecule has 1 fully saturated rings. The molecule has 0 spiro atoms. The van der Waals surface area contributed by atoms with Gasteiger partial charge in [-0.3, -0.25) is 14.4 Å². The second-order valence-corrected chi connectivity index (χ2v) is 6.32. The number of fused-ring (bicyclic) bond motifs is 1. The van der Waals surface area contributed by atoms with Crippen LogP contribution < -0.4 is 16.0 Å². The smallest absolute Gasteiger partial charge is 0.407 e. The van der Waals surface area contributed by atoms with Gasteiger partial charge in [-0.2, -0.15) is 0 Å². The van der Waals surface area contributed by atoms with Crippen molar-refractivity contribution in [2.45, 2.75) is 25.7 Å². The Labute approximate surface area is 151 Å². The summed E-state index contributed by atoms with van der Waals surface area (Å²) in [4.78, 5) is 44.7. The Morgan fingerprint density at radius 2 is 1.42 bits per heavy atom. The number of aliphatic carboxylic acids is 1. The average Bonchev–Trinajstić information content (AvgIpc) is 3.23. The SMILES string of the molecule is O=C(O)CNC(=O)CNC(=O)CNC(=O)OC[C@@H]1[C@@H]2CCC#CCC[C@@H]21. The highest BCUT2D eigenvalue weighted by Crippen LogP contribution is 2.52. The lowest BCUT2D eigenvalue weighted by molar-refractivity contribution is -0.137. The molecule has 1 saturated carbocycles. The van der Waals surface area contributed by atoms with Crippen LogP contribution >= 0.6 is 0 Å². The summed E-state index contributed by atoms with van der Waals surface area (Å²) in [5.74, 6) is 5.39. The van der Waals surface area contributed by atoms with Crippen LogP contribution in [0, 0.1) is 29.6 Å². The van der Waals surface area contributed by atoms with Crippen LogP contribution in [0.25, 0.3) is 0 Å². The minimum Gasteiger partial charge on any atom is -0.480 e. The van der Waals surface area contributed by atoms with Crippen molar-refractivity contribution in [3.63, 3.8) is 0 Å². The Hall–Kier alpha value is -2.76. The molecule has 2 aliphatic rings. The van der Waals surface area contributed by atoms with E-state index in [1.165, 1.54) is 0 Å². The fourth-order valence-electron chi connectivity index (χ4n) is 3.14. The molecule has 0 aromatic heterocycles. The van der Waals surface area contributed by atoms with Crippen LogP contribution in [-0.2, 0) is 19.1 Å². The number of carboxylic acids is 1. The lowest BCUT2D eigenvalue weighted by atomic mass is 10.1. The molecule has 3 amide bonds. The normalized spacial score (nSPS) is 23.0. The first kappa shape index (κ1) is 19.6. The van der Waals surface area contributed by atoms with Crippen molar-refractivity contribution in [1.82, 2.24) is 16.0 Å². The van der Waals surface area contributed by atoms with Crippen molar-refractivity contribution < 1.29 is 29.0 Å². The Morgan fingerprint density at radius 3 is 2.00 bits per heavy atom. The minimum absolute atomic E-state index is 0.323. The first-order chi connectivity index (χ1) is 12.5. The maximum atomic E-state index is 11.7. The van der Waals surface area contributed by atoms with E-state index in [-0.39, 0.29) is 13.1 Å². The van der Waals surface area contributed by atoms with Crippen LogP contribution in [0.5, 0.6) is 0 Å². The number of hydrogen-bond donors (Lipinski definition) is 4. The predicted octanol–water partition coefficient (Wildman–Crippen LogP) is -0.531. The van der Waals surface area contributed by atoms with Crippen LogP contribution in [-0.4, -0.2) is 55.2 Å². The van der Waals surface area contributed by atoms with Gasteiger partial charge in [0.1, 0.15) is 13.1 Å². The summed E-state index contributed by atoms with van der Waals surface area (Å²) in [6.45, 7) is -0.873. The van der Waals surface area contributed by atoms with Crippen LogP contribution in [0.1, 0.15) is 25.7 Å². The molecule has 3 atom stereocenters. The number of carbonyl (C=O) groups is 4. The minimum atomic E-state index is -1.18. The summed E-state index contributed by atoms with van der Waals surface area (Å²) in [7, 11) is 0. The highest BCUT2D eigenvalue weighted by atomic mass is 16.5. The van der Waals surface area contributed by atoms with Gasteiger partial charge in [-0.15, -0.1) is 11.8 Å². The van der Waals surface area contributed by atoms with Crippen molar-refractivity contribution in [3.05, 3.63) is 0 Å². The molecule has 9 nitrogen and oxygen atoms in total. The molecule has 2 aliphatic carbocycles. The van der Waals surface area contributed by atoms with E-state index in [0.717, 1.165) is 25.7 Å². The summed E-state index contributed by atoms with van der Waals surface area (Å²) < 4.78 is 5.17. The third kappa shape index (κ3) is 6.63. The van der Waals surface area contributed by atoms with Crippen LogP contribution in [0.15, 0.2) is 0 Å². The maximum Gasteiger partial charge on any atom is 0.407 e. The predicted molar refractivity (Wildman–Crippen MR) is 89.7 cm³/mol. The monoisotopic (exact) mass is 365 g/mol. The third-order valence-electron chi connectivity index (χ3n) is 4.52. The number of hydrogen-bond acceptors (Lipinski definition) is 5. The van der Waals surface area contributed by atoms with E-state index >= 15 is 0 Å². The fourth-order valence-corrected chi connectivity index (χ4v) is 3.14. The van der Waals surface area contributed by atoms with E-state index in [1.807, 2.05) is 0 Å². The van der Waals surface area contributed by atoms with Gasteiger partial charge in [0.25, 0.3) is 0 Å². The Bertz CT molecular complexity index is 606. The summed E-state index contributed by atoms with van der Waals surface area (Å²) in [5, 5.41) is 15.1. The van der Waals surface area contributed by atoms with Crippen molar-refractivity contribution in [2.24, 2.45) is 17.8 Å². The largest absolute Gasteiger partial charge is 0.480 e. The van der Waals surface area contributed by atoms with Gasteiger partial charge in [-0.25, -0.2) is 4.79 Å². The van der Waals surface area contributed by atoms with Crippen molar-refractivity contribution in [1.29, 1.82) is 0 Å². The molecular formula is C17H23N3O6. The van der Waals surface area contributed by atoms with Crippen molar-refractivity contribution in [3.8, 4) is 11.8 Å². The number of rotatable bonds is 8. The molecule has 4 N–H and O–H groups in total. The lowest BCUT2D eigenvalue weighted by Crippen LogP contribution is -2.43. The number of nitrogens with one attached hydrogen (secondary N) is 3. The zero-order chi connectivity index (χ0) is 18.9. The first-order valence-corrected chi connectivity index (χ1v) is 8.59. The fraction of sp³-hybridized carbons (Fsp3) is 0.647. The quantitative estimate of drug-likeness (QED) is 0.427. The number of ether oxygens (including phenoxy) is 1.